The Morgan fingerprint density at radius 1 is 1.41 bits per heavy atom. The van der Waals surface area contributed by atoms with Gasteiger partial charge in [0.1, 0.15) is 18.2 Å². The van der Waals surface area contributed by atoms with Crippen LogP contribution < -0.4 is 11.1 Å². The molecule has 0 spiro atoms. The van der Waals surface area contributed by atoms with Crippen LogP contribution in [0.3, 0.4) is 0 Å². The molecule has 96 valence electrons. The molecule has 3 atom stereocenters. The van der Waals surface area contributed by atoms with E-state index in [0.717, 1.165) is 0 Å². The van der Waals surface area contributed by atoms with Crippen LogP contribution in [0.25, 0.3) is 0 Å². The van der Waals surface area contributed by atoms with Gasteiger partial charge < -0.3 is 26.0 Å². The van der Waals surface area contributed by atoms with Gasteiger partial charge >= 0.3 is 17.9 Å². The summed E-state index contributed by atoms with van der Waals surface area (Å²) in [5.74, 6) is -3.04. The minimum Gasteiger partial charge on any atom is -0.481 e. The zero-order chi connectivity index (χ0) is 13.0. The molecule has 0 saturated carbocycles. The summed E-state index contributed by atoms with van der Waals surface area (Å²) in [5.41, 5.74) is 5.30. The lowest BCUT2D eigenvalue weighted by Crippen LogP contribution is -2.37. The number of ether oxygens (including phenoxy) is 1. The van der Waals surface area contributed by atoms with Crippen molar-refractivity contribution in [2.45, 2.75) is 31.0 Å². The highest BCUT2D eigenvalue weighted by molar-refractivity contribution is 5.82. The van der Waals surface area contributed by atoms with Crippen molar-refractivity contribution in [3.8, 4) is 0 Å². The van der Waals surface area contributed by atoms with Gasteiger partial charge in [0.2, 0.25) is 0 Å². The number of aliphatic carboxylic acids is 2. The second-order valence-corrected chi connectivity index (χ2v) is 3.80. The summed E-state index contributed by atoms with van der Waals surface area (Å²) in [6, 6.07) is -1.97. The molecule has 1 unspecified atom stereocenters. The van der Waals surface area contributed by atoms with E-state index in [9.17, 15) is 14.4 Å². The van der Waals surface area contributed by atoms with E-state index in [1.54, 1.807) is 0 Å². The molecule has 17 heavy (non-hydrogen) atoms. The molecule has 0 aromatic carbocycles. The number of esters is 1. The van der Waals surface area contributed by atoms with Gasteiger partial charge in [-0.2, -0.15) is 0 Å². The maximum atomic E-state index is 11.3. The fourth-order valence-electron chi connectivity index (χ4n) is 1.50. The zero-order valence-electron chi connectivity index (χ0n) is 8.96. The van der Waals surface area contributed by atoms with Gasteiger partial charge in [-0.25, -0.2) is 0 Å². The first-order valence-electron chi connectivity index (χ1n) is 5.04. The third kappa shape index (κ3) is 4.00. The standard InChI is InChI=1S/C9H14N2O6/c10-5(2-7(12)13)9(16)17-4-1-6(8(14)15)11-3-4/h4-6,11H,1-3,10H2,(H,12,13)(H,14,15)/t4-,5?,6+/m1/s1. The summed E-state index contributed by atoms with van der Waals surface area (Å²) >= 11 is 0. The van der Waals surface area contributed by atoms with Gasteiger partial charge in [0, 0.05) is 13.0 Å². The average molecular weight is 246 g/mol. The molecule has 8 heteroatoms. The molecule has 0 bridgehead atoms. The quantitative estimate of drug-likeness (QED) is 0.414. The normalized spacial score (nSPS) is 25.2. The van der Waals surface area contributed by atoms with Gasteiger partial charge in [0.05, 0.1) is 6.42 Å². The van der Waals surface area contributed by atoms with Crippen LogP contribution in [0.5, 0.6) is 0 Å². The van der Waals surface area contributed by atoms with E-state index in [-0.39, 0.29) is 13.0 Å². The third-order valence-corrected chi connectivity index (χ3v) is 2.37. The number of carbonyl (C=O) groups is 3. The topological polar surface area (TPSA) is 139 Å². The van der Waals surface area contributed by atoms with E-state index in [1.807, 2.05) is 0 Å². The van der Waals surface area contributed by atoms with Gasteiger partial charge in [-0.15, -0.1) is 0 Å². The van der Waals surface area contributed by atoms with Gasteiger partial charge in [-0.1, -0.05) is 0 Å². The first-order valence-corrected chi connectivity index (χ1v) is 5.04. The summed E-state index contributed by atoms with van der Waals surface area (Å²) in [5, 5.41) is 19.8. The predicted molar refractivity (Wildman–Crippen MR) is 54.2 cm³/mol. The maximum absolute atomic E-state index is 11.3. The van der Waals surface area contributed by atoms with Crippen molar-refractivity contribution < 1.29 is 29.3 Å². The summed E-state index contributed by atoms with van der Waals surface area (Å²) in [6.07, 6.45) is -0.939. The van der Waals surface area contributed by atoms with E-state index < -0.39 is 42.5 Å². The highest BCUT2D eigenvalue weighted by Crippen LogP contribution is 2.11. The Morgan fingerprint density at radius 3 is 2.53 bits per heavy atom. The van der Waals surface area contributed by atoms with Gasteiger partial charge in [-0.3, -0.25) is 14.4 Å². The molecule has 1 aliphatic rings. The zero-order valence-corrected chi connectivity index (χ0v) is 8.96. The fraction of sp³-hybridized carbons (Fsp3) is 0.667. The second-order valence-electron chi connectivity index (χ2n) is 3.80. The lowest BCUT2D eigenvalue weighted by Gasteiger charge is -2.14. The Labute approximate surface area is 96.7 Å². The number of carboxylic acid groups (broad SMARTS) is 2. The van der Waals surface area contributed by atoms with Crippen LogP contribution in [0.2, 0.25) is 0 Å². The number of nitrogens with one attached hydrogen (secondary N) is 1. The Balaban J connectivity index is 2.37. The molecule has 0 amide bonds. The van der Waals surface area contributed by atoms with E-state index in [2.05, 4.69) is 5.32 Å². The van der Waals surface area contributed by atoms with Crippen molar-refractivity contribution in [1.82, 2.24) is 5.32 Å². The van der Waals surface area contributed by atoms with Crippen LogP contribution in [-0.2, 0) is 19.1 Å². The van der Waals surface area contributed by atoms with Gasteiger partial charge in [0.25, 0.3) is 0 Å². The first kappa shape index (κ1) is 13.4. The monoisotopic (exact) mass is 246 g/mol. The molecule has 0 aromatic rings. The van der Waals surface area contributed by atoms with Crippen LogP contribution in [0.4, 0.5) is 0 Å². The SMILES string of the molecule is NC(CC(=O)O)C(=O)O[C@H]1CN[C@H](C(=O)O)C1. The molecule has 0 radical (unpaired) electrons. The molecule has 1 heterocycles. The fourth-order valence-corrected chi connectivity index (χ4v) is 1.50. The summed E-state index contributed by atoms with van der Waals surface area (Å²) in [4.78, 5) is 32.2. The van der Waals surface area contributed by atoms with Gasteiger partial charge in [-0.05, 0) is 0 Å². The summed E-state index contributed by atoms with van der Waals surface area (Å²) in [6.45, 7) is 0.225. The Kier molecular flexibility index (Phi) is 4.41. The molecule has 1 rings (SSSR count). The van der Waals surface area contributed by atoms with Crippen LogP contribution >= 0.6 is 0 Å². The van der Waals surface area contributed by atoms with Crippen LogP contribution in [0.1, 0.15) is 12.8 Å². The molecular weight excluding hydrogens is 232 g/mol. The molecular formula is C9H14N2O6. The number of carbonyl (C=O) groups excluding carboxylic acids is 1. The van der Waals surface area contributed by atoms with E-state index in [0.29, 0.717) is 0 Å². The maximum Gasteiger partial charge on any atom is 0.323 e. The minimum absolute atomic E-state index is 0.154. The van der Waals surface area contributed by atoms with Crippen LogP contribution in [-0.4, -0.2) is 52.9 Å². The second kappa shape index (κ2) is 5.60. The van der Waals surface area contributed by atoms with Crippen molar-refractivity contribution >= 4 is 17.9 Å². The molecule has 0 aliphatic carbocycles. The van der Waals surface area contributed by atoms with Gasteiger partial charge in [0.15, 0.2) is 0 Å². The smallest absolute Gasteiger partial charge is 0.323 e. The minimum atomic E-state index is -1.23. The number of rotatable bonds is 5. The highest BCUT2D eigenvalue weighted by atomic mass is 16.5. The molecule has 5 N–H and O–H groups in total. The lowest BCUT2D eigenvalue weighted by atomic mass is 10.2. The van der Waals surface area contributed by atoms with E-state index in [1.165, 1.54) is 0 Å². The largest absolute Gasteiger partial charge is 0.481 e. The summed E-state index contributed by atoms with van der Waals surface area (Å²) < 4.78 is 4.90. The van der Waals surface area contributed by atoms with Crippen molar-refractivity contribution in [2.75, 3.05) is 6.54 Å². The average Bonchev–Trinajstić information content (AvgIpc) is 2.65. The Hall–Kier alpha value is -1.67. The van der Waals surface area contributed by atoms with Crippen LogP contribution in [0.15, 0.2) is 0 Å². The third-order valence-electron chi connectivity index (χ3n) is 2.37. The number of hydrogen-bond acceptors (Lipinski definition) is 6. The summed E-state index contributed by atoms with van der Waals surface area (Å²) in [7, 11) is 0. The Bertz CT molecular complexity index is 331. The number of carboxylic acids is 2. The van der Waals surface area contributed by atoms with E-state index in [4.69, 9.17) is 20.7 Å². The van der Waals surface area contributed by atoms with Crippen molar-refractivity contribution in [3.05, 3.63) is 0 Å². The van der Waals surface area contributed by atoms with Crippen molar-refractivity contribution in [1.29, 1.82) is 0 Å². The van der Waals surface area contributed by atoms with Crippen molar-refractivity contribution in [2.24, 2.45) is 5.73 Å². The Morgan fingerprint density at radius 2 is 2.06 bits per heavy atom. The van der Waals surface area contributed by atoms with Crippen molar-refractivity contribution in [3.63, 3.8) is 0 Å². The molecule has 1 aliphatic heterocycles. The molecule has 8 nitrogen and oxygen atoms in total. The lowest BCUT2D eigenvalue weighted by molar-refractivity contribution is -0.153. The highest BCUT2D eigenvalue weighted by Gasteiger charge is 2.32. The molecule has 0 aromatic heterocycles. The van der Waals surface area contributed by atoms with Crippen LogP contribution in [0, 0.1) is 0 Å². The number of nitrogens with two attached hydrogens (primary N) is 1. The predicted octanol–water partition coefficient (Wildman–Crippen LogP) is -1.85. The first-order chi connectivity index (χ1) is 7.90. The molecule has 1 saturated heterocycles. The molecule has 1 fully saturated rings. The van der Waals surface area contributed by atoms with E-state index >= 15 is 0 Å². The number of hydrogen-bond donors (Lipinski definition) is 4.